The lowest BCUT2D eigenvalue weighted by Gasteiger charge is -2.24. The van der Waals surface area contributed by atoms with Crippen LogP contribution in [-0.4, -0.2) is 12.6 Å². The van der Waals surface area contributed by atoms with Gasteiger partial charge in [0, 0.05) is 6.04 Å². The van der Waals surface area contributed by atoms with Crippen molar-refractivity contribution in [3.8, 4) is 0 Å². The van der Waals surface area contributed by atoms with E-state index in [0.717, 1.165) is 6.54 Å². The predicted molar refractivity (Wildman–Crippen MR) is 90.3 cm³/mol. The lowest BCUT2D eigenvalue weighted by molar-refractivity contribution is 0.349. The Morgan fingerprint density at radius 2 is 1.50 bits per heavy atom. The van der Waals surface area contributed by atoms with Crippen molar-refractivity contribution in [2.24, 2.45) is 11.8 Å². The van der Waals surface area contributed by atoms with E-state index in [1.54, 1.807) is 0 Å². The summed E-state index contributed by atoms with van der Waals surface area (Å²) in [5, 5.41) is 3.58. The second-order valence-electron chi connectivity index (χ2n) is 7.72. The number of hydrogen-bond donors (Lipinski definition) is 1. The van der Waals surface area contributed by atoms with E-state index >= 15 is 0 Å². The Balaban J connectivity index is 2.69. The SMILES string of the molecule is CC(C)NCC(Cc1ccc(C(C)(C)C)cc1)C(C)C. The van der Waals surface area contributed by atoms with Gasteiger partial charge in [-0.15, -0.1) is 0 Å². The Morgan fingerprint density at radius 1 is 0.950 bits per heavy atom. The van der Waals surface area contributed by atoms with Gasteiger partial charge >= 0.3 is 0 Å². The fourth-order valence-electron chi connectivity index (χ4n) is 2.37. The molecular weight excluding hydrogens is 242 g/mol. The summed E-state index contributed by atoms with van der Waals surface area (Å²) in [5.41, 5.74) is 3.12. The third kappa shape index (κ3) is 5.66. The highest BCUT2D eigenvalue weighted by Crippen LogP contribution is 2.24. The molecule has 0 amide bonds. The molecule has 0 aliphatic rings. The molecule has 1 heteroatoms. The highest BCUT2D eigenvalue weighted by Gasteiger charge is 2.16. The predicted octanol–water partition coefficient (Wildman–Crippen LogP) is 4.80. The van der Waals surface area contributed by atoms with Crippen LogP contribution in [0.15, 0.2) is 24.3 Å². The summed E-state index contributed by atoms with van der Waals surface area (Å²) in [6, 6.07) is 9.78. The van der Waals surface area contributed by atoms with Crippen LogP contribution in [0, 0.1) is 11.8 Å². The zero-order valence-electron chi connectivity index (χ0n) is 14.5. The van der Waals surface area contributed by atoms with Crippen LogP contribution < -0.4 is 5.32 Å². The van der Waals surface area contributed by atoms with E-state index < -0.39 is 0 Å². The second-order valence-corrected chi connectivity index (χ2v) is 7.72. The van der Waals surface area contributed by atoms with Gasteiger partial charge in [-0.05, 0) is 41.3 Å². The van der Waals surface area contributed by atoms with Crippen LogP contribution in [0.25, 0.3) is 0 Å². The van der Waals surface area contributed by atoms with Crippen molar-refractivity contribution < 1.29 is 0 Å². The minimum Gasteiger partial charge on any atom is -0.314 e. The molecule has 0 saturated carbocycles. The summed E-state index contributed by atoms with van der Waals surface area (Å²) in [7, 11) is 0. The maximum Gasteiger partial charge on any atom is 0.00104 e. The Labute approximate surface area is 126 Å². The van der Waals surface area contributed by atoms with Crippen LogP contribution in [0.1, 0.15) is 59.6 Å². The van der Waals surface area contributed by atoms with E-state index in [1.807, 2.05) is 0 Å². The van der Waals surface area contributed by atoms with Crippen molar-refractivity contribution in [2.45, 2.75) is 66.3 Å². The van der Waals surface area contributed by atoms with Crippen molar-refractivity contribution in [3.63, 3.8) is 0 Å². The summed E-state index contributed by atoms with van der Waals surface area (Å²) >= 11 is 0. The molecule has 0 spiro atoms. The number of hydrogen-bond acceptors (Lipinski definition) is 1. The van der Waals surface area contributed by atoms with Crippen molar-refractivity contribution in [1.29, 1.82) is 0 Å². The standard InChI is InChI=1S/C19H33N/c1-14(2)17(13-20-15(3)4)12-16-8-10-18(11-9-16)19(5,6)7/h8-11,14-15,17,20H,12-13H2,1-7H3. The van der Waals surface area contributed by atoms with Crippen LogP contribution in [-0.2, 0) is 11.8 Å². The van der Waals surface area contributed by atoms with Crippen LogP contribution in [0.3, 0.4) is 0 Å². The zero-order chi connectivity index (χ0) is 15.3. The molecule has 0 radical (unpaired) electrons. The Bertz CT molecular complexity index is 381. The summed E-state index contributed by atoms with van der Waals surface area (Å²) in [6.07, 6.45) is 1.17. The average Bonchev–Trinajstić information content (AvgIpc) is 2.33. The van der Waals surface area contributed by atoms with E-state index in [2.05, 4.69) is 78.0 Å². The van der Waals surface area contributed by atoms with Crippen molar-refractivity contribution in [3.05, 3.63) is 35.4 Å². The van der Waals surface area contributed by atoms with Gasteiger partial charge in [-0.1, -0.05) is 72.7 Å². The largest absolute Gasteiger partial charge is 0.314 e. The maximum absolute atomic E-state index is 3.58. The van der Waals surface area contributed by atoms with Gasteiger partial charge in [0.15, 0.2) is 0 Å². The molecule has 1 atom stereocenters. The minimum absolute atomic E-state index is 0.245. The van der Waals surface area contributed by atoms with E-state index in [-0.39, 0.29) is 5.41 Å². The van der Waals surface area contributed by atoms with Gasteiger partial charge in [0.05, 0.1) is 0 Å². The first-order valence-corrected chi connectivity index (χ1v) is 8.03. The molecule has 1 aromatic carbocycles. The maximum atomic E-state index is 3.58. The number of benzene rings is 1. The smallest absolute Gasteiger partial charge is 0.00104 e. The minimum atomic E-state index is 0.245. The lowest BCUT2D eigenvalue weighted by atomic mass is 9.84. The molecule has 0 bridgehead atoms. The molecule has 114 valence electrons. The molecule has 0 aliphatic carbocycles. The van der Waals surface area contributed by atoms with Crippen molar-refractivity contribution in [1.82, 2.24) is 5.32 Å². The van der Waals surface area contributed by atoms with Gasteiger partial charge in [0.25, 0.3) is 0 Å². The van der Waals surface area contributed by atoms with E-state index in [0.29, 0.717) is 17.9 Å². The van der Waals surface area contributed by atoms with Crippen molar-refractivity contribution >= 4 is 0 Å². The number of rotatable bonds is 6. The molecule has 0 heterocycles. The first-order chi connectivity index (χ1) is 9.20. The Hall–Kier alpha value is -0.820. The van der Waals surface area contributed by atoms with Crippen LogP contribution in [0.2, 0.25) is 0 Å². The monoisotopic (exact) mass is 275 g/mol. The molecular formula is C19H33N. The van der Waals surface area contributed by atoms with Crippen LogP contribution >= 0.6 is 0 Å². The molecule has 1 aromatic rings. The Morgan fingerprint density at radius 3 is 1.90 bits per heavy atom. The van der Waals surface area contributed by atoms with Gasteiger partial charge in [-0.25, -0.2) is 0 Å². The summed E-state index contributed by atoms with van der Waals surface area (Å²) < 4.78 is 0. The average molecular weight is 275 g/mol. The van der Waals surface area contributed by atoms with E-state index in [1.165, 1.54) is 17.5 Å². The molecule has 1 N–H and O–H groups in total. The third-order valence-electron chi connectivity index (χ3n) is 4.05. The first kappa shape index (κ1) is 17.2. The summed E-state index contributed by atoms with van der Waals surface area (Å²) in [6.45, 7) is 17.0. The Kier molecular flexibility index (Phi) is 6.26. The third-order valence-corrected chi connectivity index (χ3v) is 4.05. The lowest BCUT2D eigenvalue weighted by Crippen LogP contribution is -2.32. The van der Waals surface area contributed by atoms with E-state index in [4.69, 9.17) is 0 Å². The molecule has 1 unspecified atom stereocenters. The number of nitrogens with one attached hydrogen (secondary N) is 1. The van der Waals surface area contributed by atoms with Gasteiger partial charge < -0.3 is 5.32 Å². The molecule has 1 nitrogen and oxygen atoms in total. The molecule has 0 saturated heterocycles. The fourth-order valence-corrected chi connectivity index (χ4v) is 2.37. The van der Waals surface area contributed by atoms with E-state index in [9.17, 15) is 0 Å². The zero-order valence-corrected chi connectivity index (χ0v) is 14.5. The van der Waals surface area contributed by atoms with Crippen molar-refractivity contribution in [2.75, 3.05) is 6.54 Å². The molecule has 20 heavy (non-hydrogen) atoms. The normalized spacial score (nSPS) is 14.1. The summed E-state index contributed by atoms with van der Waals surface area (Å²) in [5.74, 6) is 1.42. The quantitative estimate of drug-likeness (QED) is 0.786. The molecule has 1 rings (SSSR count). The van der Waals surface area contributed by atoms with Gasteiger partial charge in [0.2, 0.25) is 0 Å². The van der Waals surface area contributed by atoms with Gasteiger partial charge in [0.1, 0.15) is 0 Å². The highest BCUT2D eigenvalue weighted by atomic mass is 14.9. The topological polar surface area (TPSA) is 12.0 Å². The van der Waals surface area contributed by atoms with Gasteiger partial charge in [-0.2, -0.15) is 0 Å². The van der Waals surface area contributed by atoms with Gasteiger partial charge in [-0.3, -0.25) is 0 Å². The fraction of sp³-hybridized carbons (Fsp3) is 0.684. The molecule has 0 fully saturated rings. The van der Waals surface area contributed by atoms with Crippen LogP contribution in [0.4, 0.5) is 0 Å². The second kappa shape index (κ2) is 7.26. The first-order valence-electron chi connectivity index (χ1n) is 8.03. The van der Waals surface area contributed by atoms with Crippen LogP contribution in [0.5, 0.6) is 0 Å². The molecule has 0 aliphatic heterocycles. The molecule has 0 aromatic heterocycles. The summed E-state index contributed by atoms with van der Waals surface area (Å²) in [4.78, 5) is 0. The highest BCUT2D eigenvalue weighted by molar-refractivity contribution is 5.27.